The normalized spacial score (nSPS) is 11.7. The zero-order chi connectivity index (χ0) is 22.5. The number of esters is 1. The van der Waals surface area contributed by atoms with E-state index in [2.05, 4.69) is 11.2 Å². The van der Waals surface area contributed by atoms with Gasteiger partial charge in [0.05, 0.1) is 12.7 Å². The predicted octanol–water partition coefficient (Wildman–Crippen LogP) is 2.68. The molecule has 30 heavy (non-hydrogen) atoms. The number of nitrogens with one attached hydrogen (secondary N) is 1. The molecule has 1 atom stereocenters. The highest BCUT2D eigenvalue weighted by molar-refractivity contribution is 6.10. The minimum Gasteiger partial charge on any atom is -0.465 e. The summed E-state index contributed by atoms with van der Waals surface area (Å²) in [5.41, 5.74) is 6.75. The van der Waals surface area contributed by atoms with Crippen molar-refractivity contribution in [3.8, 4) is 12.3 Å². The van der Waals surface area contributed by atoms with E-state index < -0.39 is 29.4 Å². The number of hydrogen-bond donors (Lipinski definition) is 2. The number of nitrogens with two attached hydrogens (primary N) is 1. The molecule has 0 spiro atoms. The van der Waals surface area contributed by atoms with Gasteiger partial charge in [0.25, 0.3) is 0 Å². The van der Waals surface area contributed by atoms with Gasteiger partial charge in [-0.1, -0.05) is 18.2 Å². The first-order valence-electron chi connectivity index (χ1n) is 9.23. The number of ether oxygens (including phenoxy) is 1. The van der Waals surface area contributed by atoms with Crippen LogP contribution in [0.25, 0.3) is 0 Å². The van der Waals surface area contributed by atoms with Crippen molar-refractivity contribution in [2.45, 2.75) is 32.4 Å². The Morgan fingerprint density at radius 3 is 2.30 bits per heavy atom. The first-order chi connectivity index (χ1) is 14.1. The monoisotopic (exact) mass is 407 g/mol. The van der Waals surface area contributed by atoms with Gasteiger partial charge in [0, 0.05) is 16.9 Å². The highest BCUT2D eigenvalue weighted by Gasteiger charge is 2.34. The molecule has 0 bridgehead atoms. The molecule has 0 aliphatic heterocycles. The number of hydrogen-bond acceptors (Lipinski definition) is 5. The summed E-state index contributed by atoms with van der Waals surface area (Å²) >= 11 is 0. The Morgan fingerprint density at radius 2 is 1.77 bits per heavy atom. The van der Waals surface area contributed by atoms with Gasteiger partial charge in [-0.25, -0.2) is 4.79 Å². The third-order valence-electron chi connectivity index (χ3n) is 4.14. The van der Waals surface area contributed by atoms with Crippen LogP contribution in [0, 0.1) is 12.3 Å². The predicted molar refractivity (Wildman–Crippen MR) is 116 cm³/mol. The van der Waals surface area contributed by atoms with Crippen molar-refractivity contribution in [1.82, 2.24) is 5.32 Å². The van der Waals surface area contributed by atoms with E-state index in [9.17, 15) is 14.4 Å². The van der Waals surface area contributed by atoms with Crippen molar-refractivity contribution < 1.29 is 19.1 Å². The molecule has 1 unspecified atom stereocenters. The fourth-order valence-electron chi connectivity index (χ4n) is 2.89. The number of rotatable bonds is 5. The molecule has 2 aromatic rings. The number of nitrogen functional groups attached to an aromatic ring is 1. The lowest BCUT2D eigenvalue weighted by Gasteiger charge is -2.32. The highest BCUT2D eigenvalue weighted by Crippen LogP contribution is 2.30. The molecule has 156 valence electrons. The first kappa shape index (κ1) is 22.5. The molecule has 0 heterocycles. The van der Waals surface area contributed by atoms with Gasteiger partial charge in [-0.2, -0.15) is 0 Å². The van der Waals surface area contributed by atoms with Crippen LogP contribution < -0.4 is 16.0 Å². The molecule has 2 aromatic carbocycles. The first-order valence-corrected chi connectivity index (χ1v) is 9.23. The molecule has 0 fully saturated rings. The minimum absolute atomic E-state index is 0.220. The molecule has 7 nitrogen and oxygen atoms in total. The SMILES string of the molecule is C#CC(=O)N(c1cccc(C(=O)OC)c1)C(C(=O)NC(C)(C)C)c1ccc(N)cc1. The van der Waals surface area contributed by atoms with Crippen molar-refractivity contribution >= 4 is 29.2 Å². The van der Waals surface area contributed by atoms with Gasteiger partial charge in [0.2, 0.25) is 5.91 Å². The lowest BCUT2D eigenvalue weighted by molar-refractivity contribution is -0.126. The van der Waals surface area contributed by atoms with Gasteiger partial charge >= 0.3 is 11.9 Å². The third kappa shape index (κ3) is 5.39. The van der Waals surface area contributed by atoms with Crippen molar-refractivity contribution in [3.05, 3.63) is 59.7 Å². The van der Waals surface area contributed by atoms with Crippen LogP contribution in [0.3, 0.4) is 0 Å². The van der Waals surface area contributed by atoms with E-state index >= 15 is 0 Å². The van der Waals surface area contributed by atoms with Crippen LogP contribution in [0.5, 0.6) is 0 Å². The number of carbonyl (C=O) groups is 3. The van der Waals surface area contributed by atoms with E-state index in [4.69, 9.17) is 16.9 Å². The summed E-state index contributed by atoms with van der Waals surface area (Å²) in [6.07, 6.45) is 5.42. The number of anilines is 2. The Hall–Kier alpha value is -3.79. The van der Waals surface area contributed by atoms with E-state index in [0.29, 0.717) is 11.3 Å². The van der Waals surface area contributed by atoms with Gasteiger partial charge in [-0.05, 0) is 62.6 Å². The van der Waals surface area contributed by atoms with Crippen molar-refractivity contribution in [1.29, 1.82) is 0 Å². The van der Waals surface area contributed by atoms with Crippen molar-refractivity contribution in [2.24, 2.45) is 0 Å². The minimum atomic E-state index is -1.08. The quantitative estimate of drug-likeness (QED) is 0.451. The van der Waals surface area contributed by atoms with E-state index in [1.54, 1.807) is 42.5 Å². The second kappa shape index (κ2) is 9.14. The topological polar surface area (TPSA) is 102 Å². The summed E-state index contributed by atoms with van der Waals surface area (Å²) in [7, 11) is 1.26. The molecular weight excluding hydrogens is 382 g/mol. The van der Waals surface area contributed by atoms with Crippen LogP contribution in [-0.2, 0) is 14.3 Å². The molecule has 3 N–H and O–H groups in total. The highest BCUT2D eigenvalue weighted by atomic mass is 16.5. The van der Waals surface area contributed by atoms with Crippen LogP contribution in [0.1, 0.15) is 42.7 Å². The molecule has 7 heteroatoms. The number of amides is 2. The number of methoxy groups -OCH3 is 1. The fourth-order valence-corrected chi connectivity index (χ4v) is 2.89. The summed E-state index contributed by atoms with van der Waals surface area (Å²) in [5.74, 6) is 0.331. The summed E-state index contributed by atoms with van der Waals surface area (Å²) in [4.78, 5) is 39.2. The maximum Gasteiger partial charge on any atom is 0.337 e. The van der Waals surface area contributed by atoms with Gasteiger partial charge in [-0.15, -0.1) is 6.42 Å². The smallest absolute Gasteiger partial charge is 0.337 e. The van der Waals surface area contributed by atoms with Crippen LogP contribution in [0.15, 0.2) is 48.5 Å². The molecule has 0 aromatic heterocycles. The Bertz CT molecular complexity index is 985. The Morgan fingerprint density at radius 1 is 1.13 bits per heavy atom. The average molecular weight is 407 g/mol. The zero-order valence-corrected chi connectivity index (χ0v) is 17.4. The van der Waals surface area contributed by atoms with E-state index in [-0.39, 0.29) is 11.3 Å². The van der Waals surface area contributed by atoms with Crippen LogP contribution in [0.4, 0.5) is 11.4 Å². The molecule has 0 aliphatic rings. The Labute approximate surface area is 176 Å². The molecule has 0 radical (unpaired) electrons. The standard InChI is InChI=1S/C23H25N3O4/c1-6-19(27)26(18-9-7-8-16(14-18)22(29)30-5)20(21(28)25-23(2,3)4)15-10-12-17(24)13-11-15/h1,7-14,20H,24H2,2-5H3,(H,25,28). The van der Waals surface area contributed by atoms with E-state index in [0.717, 1.165) is 0 Å². The molecule has 0 saturated carbocycles. The van der Waals surface area contributed by atoms with Gasteiger partial charge in [-0.3, -0.25) is 14.5 Å². The molecular formula is C23H25N3O4. The second-order valence-electron chi connectivity index (χ2n) is 7.67. The largest absolute Gasteiger partial charge is 0.465 e. The summed E-state index contributed by atoms with van der Waals surface area (Å²) in [6.45, 7) is 5.49. The maximum atomic E-state index is 13.3. The molecule has 0 saturated heterocycles. The fraction of sp³-hybridized carbons (Fsp3) is 0.261. The van der Waals surface area contributed by atoms with E-state index in [1.807, 2.05) is 20.8 Å². The Balaban J connectivity index is 2.66. The molecule has 0 aliphatic carbocycles. The van der Waals surface area contributed by atoms with Crippen LogP contribution in [-0.4, -0.2) is 30.4 Å². The Kier molecular flexibility index (Phi) is 6.85. The second-order valence-corrected chi connectivity index (χ2v) is 7.67. The van der Waals surface area contributed by atoms with Gasteiger partial charge in [0.15, 0.2) is 0 Å². The summed E-state index contributed by atoms with van der Waals surface area (Å²) in [6, 6.07) is 11.7. The van der Waals surface area contributed by atoms with Crippen molar-refractivity contribution in [3.63, 3.8) is 0 Å². The van der Waals surface area contributed by atoms with Gasteiger partial charge < -0.3 is 15.8 Å². The van der Waals surface area contributed by atoms with Crippen molar-refractivity contribution in [2.75, 3.05) is 17.7 Å². The lowest BCUT2D eigenvalue weighted by Crippen LogP contribution is -2.49. The summed E-state index contributed by atoms with van der Waals surface area (Å²) in [5, 5.41) is 2.89. The summed E-state index contributed by atoms with van der Waals surface area (Å²) < 4.78 is 4.75. The van der Waals surface area contributed by atoms with Crippen LogP contribution in [0.2, 0.25) is 0 Å². The maximum absolute atomic E-state index is 13.3. The zero-order valence-electron chi connectivity index (χ0n) is 17.4. The number of benzene rings is 2. The number of terminal acetylenes is 1. The number of nitrogens with zero attached hydrogens (tertiary/aromatic N) is 1. The lowest BCUT2D eigenvalue weighted by atomic mass is 10.00. The average Bonchev–Trinajstić information content (AvgIpc) is 2.70. The molecule has 2 amide bonds. The van der Waals surface area contributed by atoms with Gasteiger partial charge in [0.1, 0.15) is 6.04 Å². The van der Waals surface area contributed by atoms with E-state index in [1.165, 1.54) is 18.1 Å². The third-order valence-corrected chi connectivity index (χ3v) is 4.14. The van der Waals surface area contributed by atoms with Crippen LogP contribution >= 0.6 is 0 Å². The molecule has 2 rings (SSSR count). The number of carbonyl (C=O) groups excluding carboxylic acids is 3.